The topological polar surface area (TPSA) is 76.3 Å². The number of rotatable bonds is 4. The first-order valence-electron chi connectivity index (χ1n) is 9.60. The molecule has 2 amide bonds. The van der Waals surface area contributed by atoms with Crippen LogP contribution in [0.5, 0.6) is 0 Å². The first-order chi connectivity index (χ1) is 14.5. The number of amides is 2. The van der Waals surface area contributed by atoms with Gasteiger partial charge < -0.3 is 10.6 Å². The van der Waals surface area contributed by atoms with Crippen LogP contribution in [-0.4, -0.2) is 34.8 Å². The van der Waals surface area contributed by atoms with Gasteiger partial charge in [-0.2, -0.15) is 0 Å². The summed E-state index contributed by atoms with van der Waals surface area (Å²) in [7, 11) is 0. The largest absolute Gasteiger partial charge is 0.366 e. The number of benzene rings is 2. The molecule has 3 aromatic rings. The molecule has 0 aliphatic carbocycles. The first-order valence-corrected chi connectivity index (χ1v) is 10.4. The molecule has 1 saturated heterocycles. The average molecular weight is 440 g/mol. The highest BCUT2D eigenvalue weighted by atomic mass is 35.5. The van der Waals surface area contributed by atoms with E-state index in [-0.39, 0.29) is 16.5 Å². The maximum Gasteiger partial charge on any atom is 0.254 e. The van der Waals surface area contributed by atoms with Crippen LogP contribution in [0.1, 0.15) is 33.6 Å². The van der Waals surface area contributed by atoms with Crippen LogP contribution in [0.2, 0.25) is 10.0 Å². The molecule has 2 N–H and O–H groups in total. The van der Waals surface area contributed by atoms with Crippen molar-refractivity contribution in [1.82, 2.24) is 9.88 Å². The Hall–Kier alpha value is -2.89. The molecule has 2 heterocycles. The standard InChI is InChI=1S/C23H19Cl2N3O2/c24-18-9-6-14(13-17(18)19-5-1-2-10-27-19)20-15(23(30)28-11-3-4-12-28)7-8-16(21(20)25)22(26)29/h1-2,5-10,13H,3-4,11-12H2,(H2,26,29). The Morgan fingerprint density at radius 2 is 1.70 bits per heavy atom. The number of primary amides is 1. The number of carbonyl (C=O) groups is 2. The molecule has 1 aliphatic heterocycles. The molecule has 0 radical (unpaired) electrons. The maximum absolute atomic E-state index is 13.2. The van der Waals surface area contributed by atoms with Gasteiger partial charge in [-0.3, -0.25) is 14.6 Å². The highest BCUT2D eigenvalue weighted by molar-refractivity contribution is 6.37. The molecule has 0 atom stereocenters. The van der Waals surface area contributed by atoms with Gasteiger partial charge in [0.1, 0.15) is 0 Å². The van der Waals surface area contributed by atoms with E-state index < -0.39 is 5.91 Å². The summed E-state index contributed by atoms with van der Waals surface area (Å²) in [6, 6.07) is 14.0. The number of aromatic nitrogens is 1. The lowest BCUT2D eigenvalue weighted by atomic mass is 9.94. The van der Waals surface area contributed by atoms with Crippen molar-refractivity contribution in [3.05, 3.63) is 75.9 Å². The van der Waals surface area contributed by atoms with Crippen molar-refractivity contribution < 1.29 is 9.59 Å². The number of likely N-dealkylation sites (tertiary alicyclic amines) is 1. The zero-order valence-electron chi connectivity index (χ0n) is 16.1. The lowest BCUT2D eigenvalue weighted by Crippen LogP contribution is -2.28. The first kappa shape index (κ1) is 20.4. The minimum atomic E-state index is -0.652. The van der Waals surface area contributed by atoms with Gasteiger partial charge in [0, 0.05) is 41.0 Å². The van der Waals surface area contributed by atoms with Crippen LogP contribution in [0.15, 0.2) is 54.7 Å². The van der Waals surface area contributed by atoms with Gasteiger partial charge in [-0.15, -0.1) is 0 Å². The van der Waals surface area contributed by atoms with Gasteiger partial charge in [-0.1, -0.05) is 35.3 Å². The Kier molecular flexibility index (Phi) is 5.75. The summed E-state index contributed by atoms with van der Waals surface area (Å²) in [6.07, 6.45) is 3.62. The summed E-state index contributed by atoms with van der Waals surface area (Å²) in [4.78, 5) is 31.3. The van der Waals surface area contributed by atoms with Crippen LogP contribution in [0, 0.1) is 0 Å². The van der Waals surface area contributed by atoms with E-state index in [1.165, 1.54) is 6.07 Å². The van der Waals surface area contributed by atoms with E-state index in [4.69, 9.17) is 28.9 Å². The minimum Gasteiger partial charge on any atom is -0.366 e. The predicted molar refractivity (Wildman–Crippen MR) is 119 cm³/mol. The monoisotopic (exact) mass is 439 g/mol. The van der Waals surface area contributed by atoms with Crippen LogP contribution < -0.4 is 5.73 Å². The van der Waals surface area contributed by atoms with Gasteiger partial charge >= 0.3 is 0 Å². The van der Waals surface area contributed by atoms with Crippen molar-refractivity contribution in [2.24, 2.45) is 5.73 Å². The Labute approximate surface area is 184 Å². The Balaban J connectivity index is 1.91. The SMILES string of the molecule is NC(=O)c1ccc(C(=O)N2CCCC2)c(-c2ccc(Cl)c(-c3ccccn3)c2)c1Cl. The summed E-state index contributed by atoms with van der Waals surface area (Å²) in [6.45, 7) is 1.40. The second kappa shape index (κ2) is 8.46. The van der Waals surface area contributed by atoms with E-state index in [2.05, 4.69) is 4.98 Å². The molecule has 4 rings (SSSR count). The fourth-order valence-electron chi connectivity index (χ4n) is 3.72. The van der Waals surface area contributed by atoms with Crippen LogP contribution in [-0.2, 0) is 0 Å². The summed E-state index contributed by atoms with van der Waals surface area (Å²) < 4.78 is 0. The second-order valence-corrected chi connectivity index (χ2v) is 7.91. The van der Waals surface area contributed by atoms with Gasteiger partial charge in [0.15, 0.2) is 0 Å². The smallest absolute Gasteiger partial charge is 0.254 e. The van der Waals surface area contributed by atoms with Crippen LogP contribution >= 0.6 is 23.2 Å². The van der Waals surface area contributed by atoms with Crippen molar-refractivity contribution in [1.29, 1.82) is 0 Å². The third kappa shape index (κ3) is 3.78. The molecule has 7 heteroatoms. The molecule has 0 spiro atoms. The van der Waals surface area contributed by atoms with Gasteiger partial charge in [0.2, 0.25) is 5.91 Å². The van der Waals surface area contributed by atoms with Crippen molar-refractivity contribution in [3.8, 4) is 22.4 Å². The third-order valence-corrected chi connectivity index (χ3v) is 5.95. The lowest BCUT2D eigenvalue weighted by molar-refractivity contribution is 0.0793. The Morgan fingerprint density at radius 3 is 2.37 bits per heavy atom. The molecule has 1 aliphatic rings. The fourth-order valence-corrected chi connectivity index (χ4v) is 4.30. The van der Waals surface area contributed by atoms with Crippen LogP contribution in [0.25, 0.3) is 22.4 Å². The molecule has 152 valence electrons. The zero-order chi connectivity index (χ0) is 21.3. The molecule has 30 heavy (non-hydrogen) atoms. The number of carbonyl (C=O) groups excluding carboxylic acids is 2. The molecule has 1 aromatic heterocycles. The minimum absolute atomic E-state index is 0.116. The Bertz CT molecular complexity index is 1130. The molecule has 2 aromatic carbocycles. The quantitative estimate of drug-likeness (QED) is 0.617. The second-order valence-electron chi connectivity index (χ2n) is 7.12. The highest BCUT2D eigenvalue weighted by Gasteiger charge is 2.26. The van der Waals surface area contributed by atoms with Crippen molar-refractivity contribution >= 4 is 35.0 Å². The summed E-state index contributed by atoms with van der Waals surface area (Å²) in [5.74, 6) is -0.768. The lowest BCUT2D eigenvalue weighted by Gasteiger charge is -2.20. The average Bonchev–Trinajstić information content (AvgIpc) is 3.29. The van der Waals surface area contributed by atoms with E-state index in [9.17, 15) is 9.59 Å². The molecule has 5 nitrogen and oxygen atoms in total. The molecule has 0 unspecified atom stereocenters. The maximum atomic E-state index is 13.2. The van der Waals surface area contributed by atoms with Crippen molar-refractivity contribution in [2.45, 2.75) is 12.8 Å². The summed E-state index contributed by atoms with van der Waals surface area (Å²) >= 11 is 13.0. The van der Waals surface area contributed by atoms with Gasteiger partial charge in [0.25, 0.3) is 5.91 Å². The number of nitrogens with two attached hydrogens (primary N) is 1. The number of pyridine rings is 1. The number of hydrogen-bond acceptors (Lipinski definition) is 3. The van der Waals surface area contributed by atoms with Gasteiger partial charge in [-0.25, -0.2) is 0 Å². The number of hydrogen-bond donors (Lipinski definition) is 1. The highest BCUT2D eigenvalue weighted by Crippen LogP contribution is 2.38. The summed E-state index contributed by atoms with van der Waals surface area (Å²) in [5.41, 5.74) is 8.63. The van der Waals surface area contributed by atoms with Gasteiger partial charge in [0.05, 0.1) is 16.3 Å². The molecular weight excluding hydrogens is 421 g/mol. The normalized spacial score (nSPS) is 13.5. The number of halogens is 2. The van der Waals surface area contributed by atoms with Crippen LogP contribution in [0.4, 0.5) is 0 Å². The van der Waals surface area contributed by atoms with Gasteiger partial charge in [-0.05, 0) is 54.8 Å². The molecular formula is C23H19Cl2N3O2. The van der Waals surface area contributed by atoms with E-state index in [1.54, 1.807) is 29.3 Å². The number of nitrogens with zero attached hydrogens (tertiary/aromatic N) is 2. The fraction of sp³-hybridized carbons (Fsp3) is 0.174. The van der Waals surface area contributed by atoms with Crippen molar-refractivity contribution in [3.63, 3.8) is 0 Å². The van der Waals surface area contributed by atoms with Crippen LogP contribution in [0.3, 0.4) is 0 Å². The predicted octanol–water partition coefficient (Wildman–Crippen LogP) is 5.06. The Morgan fingerprint density at radius 1 is 0.967 bits per heavy atom. The summed E-state index contributed by atoms with van der Waals surface area (Å²) in [5, 5.41) is 0.675. The third-order valence-electron chi connectivity index (χ3n) is 5.23. The van der Waals surface area contributed by atoms with Crippen molar-refractivity contribution in [2.75, 3.05) is 13.1 Å². The van der Waals surface area contributed by atoms with E-state index >= 15 is 0 Å². The molecule has 0 bridgehead atoms. The van der Waals surface area contributed by atoms with E-state index in [0.29, 0.717) is 46.1 Å². The molecule has 1 fully saturated rings. The van der Waals surface area contributed by atoms with E-state index in [1.807, 2.05) is 24.3 Å². The van der Waals surface area contributed by atoms with E-state index in [0.717, 1.165) is 12.8 Å². The zero-order valence-corrected chi connectivity index (χ0v) is 17.6. The molecule has 0 saturated carbocycles.